The minimum atomic E-state index is -0.113. The molecule has 2 aromatic heterocycles. The van der Waals surface area contributed by atoms with Gasteiger partial charge in [-0.25, -0.2) is 4.98 Å². The molecule has 2 atom stereocenters. The molecule has 3 rings (SSSR count). The summed E-state index contributed by atoms with van der Waals surface area (Å²) in [7, 11) is 0. The number of hydrogen-bond donors (Lipinski definition) is 1. The Bertz CT molecular complexity index is 582. The van der Waals surface area contributed by atoms with E-state index in [2.05, 4.69) is 9.88 Å². The molecule has 21 heavy (non-hydrogen) atoms. The number of ether oxygens (including phenoxy) is 1. The van der Waals surface area contributed by atoms with Crippen LogP contribution in [0.5, 0.6) is 0 Å². The van der Waals surface area contributed by atoms with Crippen molar-refractivity contribution < 1.29 is 14.3 Å². The lowest BCUT2D eigenvalue weighted by Gasteiger charge is -2.35. The first-order valence-corrected chi connectivity index (χ1v) is 8.02. The van der Waals surface area contributed by atoms with Gasteiger partial charge in [-0.05, 0) is 25.3 Å². The molecule has 3 heterocycles. The van der Waals surface area contributed by atoms with Crippen molar-refractivity contribution in [1.29, 1.82) is 0 Å². The summed E-state index contributed by atoms with van der Waals surface area (Å²) < 4.78 is 11.4. The number of thiophene rings is 1. The molecule has 114 valence electrons. The molecule has 2 aromatic rings. The van der Waals surface area contributed by atoms with E-state index in [4.69, 9.17) is 9.15 Å². The van der Waals surface area contributed by atoms with Crippen molar-refractivity contribution in [2.45, 2.75) is 32.6 Å². The van der Waals surface area contributed by atoms with E-state index < -0.39 is 0 Å². The normalized spacial score (nSPS) is 23.6. The van der Waals surface area contributed by atoms with Gasteiger partial charge in [0.1, 0.15) is 5.76 Å². The van der Waals surface area contributed by atoms with Gasteiger partial charge in [0.2, 0.25) is 5.89 Å². The van der Waals surface area contributed by atoms with Crippen LogP contribution in [0.1, 0.15) is 18.4 Å². The Morgan fingerprint density at radius 2 is 2.33 bits per heavy atom. The molecular formula is C15H20N2O3S. The quantitative estimate of drug-likeness (QED) is 0.939. The maximum atomic E-state index is 9.29. The first kappa shape index (κ1) is 14.7. The fourth-order valence-electron chi connectivity index (χ4n) is 2.66. The van der Waals surface area contributed by atoms with E-state index in [-0.39, 0.29) is 18.8 Å². The molecule has 1 saturated heterocycles. The third-order valence-corrected chi connectivity index (χ3v) is 4.46. The van der Waals surface area contributed by atoms with Crippen LogP contribution in [-0.2, 0) is 11.3 Å². The van der Waals surface area contributed by atoms with Crippen molar-refractivity contribution in [2.75, 3.05) is 19.7 Å². The summed E-state index contributed by atoms with van der Waals surface area (Å²) in [5, 5.41) is 11.3. The Labute approximate surface area is 128 Å². The van der Waals surface area contributed by atoms with Gasteiger partial charge < -0.3 is 14.3 Å². The van der Waals surface area contributed by atoms with Gasteiger partial charge in [0.05, 0.1) is 29.4 Å². The summed E-state index contributed by atoms with van der Waals surface area (Å²) in [5.41, 5.74) is 0.962. The first-order chi connectivity index (χ1) is 10.2. The minimum Gasteiger partial charge on any atom is -0.440 e. The Hall–Kier alpha value is -1.21. The van der Waals surface area contributed by atoms with Gasteiger partial charge in [-0.3, -0.25) is 4.90 Å². The van der Waals surface area contributed by atoms with Gasteiger partial charge in [0.25, 0.3) is 0 Å². The lowest BCUT2D eigenvalue weighted by molar-refractivity contribution is -0.0975. The third kappa shape index (κ3) is 3.35. The van der Waals surface area contributed by atoms with Crippen LogP contribution in [0.2, 0.25) is 0 Å². The van der Waals surface area contributed by atoms with Gasteiger partial charge >= 0.3 is 0 Å². The number of morpholine rings is 1. The molecule has 0 bridgehead atoms. The predicted octanol–water partition coefficient (Wildman–Crippen LogP) is 2.29. The van der Waals surface area contributed by atoms with Gasteiger partial charge in [-0.2, -0.15) is 0 Å². The number of aliphatic hydroxyl groups is 1. The summed E-state index contributed by atoms with van der Waals surface area (Å²) in [4.78, 5) is 7.93. The summed E-state index contributed by atoms with van der Waals surface area (Å²) in [5.74, 6) is 1.55. The SMILES string of the molecule is Cc1oc(-c2cccs2)nc1CN1CC(C)OC(CO)C1. The number of oxazole rings is 1. The molecule has 1 N–H and O–H groups in total. The zero-order valence-corrected chi connectivity index (χ0v) is 13.1. The highest BCUT2D eigenvalue weighted by molar-refractivity contribution is 7.13. The van der Waals surface area contributed by atoms with Crippen LogP contribution in [0, 0.1) is 6.92 Å². The van der Waals surface area contributed by atoms with Crippen molar-refractivity contribution in [2.24, 2.45) is 0 Å². The average Bonchev–Trinajstić information content (AvgIpc) is 3.09. The maximum Gasteiger partial charge on any atom is 0.236 e. The number of aromatic nitrogens is 1. The van der Waals surface area contributed by atoms with Gasteiger partial charge in [0.15, 0.2) is 0 Å². The molecule has 1 aliphatic heterocycles. The van der Waals surface area contributed by atoms with E-state index in [0.717, 1.165) is 36.0 Å². The molecule has 0 aromatic carbocycles. The first-order valence-electron chi connectivity index (χ1n) is 7.14. The summed E-state index contributed by atoms with van der Waals surface area (Å²) >= 11 is 1.63. The van der Waals surface area contributed by atoms with E-state index in [1.54, 1.807) is 11.3 Å². The molecule has 1 fully saturated rings. The van der Waals surface area contributed by atoms with E-state index in [0.29, 0.717) is 5.89 Å². The van der Waals surface area contributed by atoms with Crippen molar-refractivity contribution in [3.63, 3.8) is 0 Å². The van der Waals surface area contributed by atoms with E-state index in [9.17, 15) is 5.11 Å². The van der Waals surface area contributed by atoms with Crippen molar-refractivity contribution >= 4 is 11.3 Å². The number of hydrogen-bond acceptors (Lipinski definition) is 6. The maximum absolute atomic E-state index is 9.29. The second-order valence-electron chi connectivity index (χ2n) is 5.44. The standard InChI is InChI=1S/C15H20N2O3S/c1-10-6-17(7-12(9-18)19-10)8-13-11(2)20-15(16-13)14-4-3-5-21-14/h3-5,10,12,18H,6-9H2,1-2H3. The van der Waals surface area contributed by atoms with Crippen LogP contribution in [0.25, 0.3) is 10.8 Å². The lowest BCUT2D eigenvalue weighted by Crippen LogP contribution is -2.47. The van der Waals surface area contributed by atoms with Crippen LogP contribution in [0.15, 0.2) is 21.9 Å². The Morgan fingerprint density at radius 1 is 1.48 bits per heavy atom. The average molecular weight is 308 g/mol. The van der Waals surface area contributed by atoms with Gasteiger partial charge in [0, 0.05) is 19.6 Å². The topological polar surface area (TPSA) is 58.7 Å². The molecule has 0 saturated carbocycles. The van der Waals surface area contributed by atoms with Crippen molar-refractivity contribution in [1.82, 2.24) is 9.88 Å². The zero-order chi connectivity index (χ0) is 14.8. The highest BCUT2D eigenvalue weighted by atomic mass is 32.1. The number of nitrogens with zero attached hydrogens (tertiary/aromatic N) is 2. The molecule has 0 spiro atoms. The van der Waals surface area contributed by atoms with Crippen LogP contribution in [-0.4, -0.2) is 46.9 Å². The number of aryl methyl sites for hydroxylation is 1. The molecular weight excluding hydrogens is 288 g/mol. The molecule has 0 radical (unpaired) electrons. The Balaban J connectivity index is 1.73. The monoisotopic (exact) mass is 308 g/mol. The van der Waals surface area contributed by atoms with Gasteiger partial charge in [-0.1, -0.05) is 6.07 Å². The lowest BCUT2D eigenvalue weighted by atomic mass is 10.2. The van der Waals surface area contributed by atoms with E-state index >= 15 is 0 Å². The van der Waals surface area contributed by atoms with Crippen LogP contribution in [0.3, 0.4) is 0 Å². The van der Waals surface area contributed by atoms with Crippen LogP contribution < -0.4 is 0 Å². The fraction of sp³-hybridized carbons (Fsp3) is 0.533. The second kappa shape index (κ2) is 6.27. The summed E-state index contributed by atoms with van der Waals surface area (Å²) in [6.45, 7) is 6.33. The molecule has 2 unspecified atom stereocenters. The van der Waals surface area contributed by atoms with Crippen LogP contribution >= 0.6 is 11.3 Å². The molecule has 0 aliphatic carbocycles. The molecule has 6 heteroatoms. The molecule has 5 nitrogen and oxygen atoms in total. The zero-order valence-electron chi connectivity index (χ0n) is 12.3. The smallest absolute Gasteiger partial charge is 0.236 e. The largest absolute Gasteiger partial charge is 0.440 e. The molecule has 0 amide bonds. The Kier molecular flexibility index (Phi) is 4.40. The molecule has 1 aliphatic rings. The highest BCUT2D eigenvalue weighted by Crippen LogP contribution is 2.26. The summed E-state index contributed by atoms with van der Waals surface area (Å²) in [6.07, 6.45) is 0.0117. The van der Waals surface area contributed by atoms with E-state index in [1.165, 1.54) is 0 Å². The second-order valence-corrected chi connectivity index (χ2v) is 6.39. The summed E-state index contributed by atoms with van der Waals surface area (Å²) in [6, 6.07) is 4.01. The number of rotatable bonds is 4. The number of aliphatic hydroxyl groups excluding tert-OH is 1. The predicted molar refractivity (Wildman–Crippen MR) is 81.3 cm³/mol. The third-order valence-electron chi connectivity index (χ3n) is 3.60. The van der Waals surface area contributed by atoms with Crippen molar-refractivity contribution in [3.05, 3.63) is 29.0 Å². The minimum absolute atomic E-state index is 0.0546. The highest BCUT2D eigenvalue weighted by Gasteiger charge is 2.26. The van der Waals surface area contributed by atoms with Gasteiger partial charge in [-0.15, -0.1) is 11.3 Å². The van der Waals surface area contributed by atoms with E-state index in [1.807, 2.05) is 31.4 Å². The fourth-order valence-corrected chi connectivity index (χ4v) is 3.31. The van der Waals surface area contributed by atoms with Crippen molar-refractivity contribution in [3.8, 4) is 10.8 Å². The Morgan fingerprint density at radius 3 is 3.05 bits per heavy atom. The van der Waals surface area contributed by atoms with Crippen LogP contribution in [0.4, 0.5) is 0 Å².